The highest BCUT2D eigenvalue weighted by Crippen LogP contribution is 2.01. The van der Waals surface area contributed by atoms with E-state index in [1.165, 1.54) is 0 Å². The quantitative estimate of drug-likeness (QED) is 0.709. The van der Waals surface area contributed by atoms with Crippen LogP contribution < -0.4 is 5.73 Å². The molecular weight excluding hydrogens is 178 g/mol. The van der Waals surface area contributed by atoms with E-state index in [2.05, 4.69) is 0 Å². The molecule has 0 aliphatic heterocycles. The number of hydrogen-bond donors (Lipinski definition) is 2. The number of nitrogens with two attached hydrogens (primary N) is 1. The number of aliphatic hydroxyl groups is 1. The van der Waals surface area contributed by atoms with Crippen molar-refractivity contribution in [3.8, 4) is 0 Å². The van der Waals surface area contributed by atoms with Crippen LogP contribution in [-0.2, 0) is 11.3 Å². The largest absolute Gasteiger partial charge is 0.391 e. The first-order valence-corrected chi connectivity index (χ1v) is 4.82. The number of ether oxygens (including phenoxy) is 1. The number of aliphatic hydroxyl groups excluding tert-OH is 1. The SMILES string of the molecule is NCCC(O)COCc1ccccc1. The zero-order valence-corrected chi connectivity index (χ0v) is 8.23. The molecule has 1 rings (SSSR count). The molecule has 0 heterocycles. The van der Waals surface area contributed by atoms with E-state index in [-0.39, 0.29) is 0 Å². The van der Waals surface area contributed by atoms with Gasteiger partial charge in [0.05, 0.1) is 19.3 Å². The lowest BCUT2D eigenvalue weighted by Crippen LogP contribution is -2.19. The molecular formula is C11H17NO2. The van der Waals surface area contributed by atoms with E-state index in [1.54, 1.807) is 0 Å². The molecule has 1 aromatic rings. The Morgan fingerprint density at radius 1 is 1.29 bits per heavy atom. The van der Waals surface area contributed by atoms with Crippen molar-refractivity contribution < 1.29 is 9.84 Å². The fourth-order valence-corrected chi connectivity index (χ4v) is 1.16. The van der Waals surface area contributed by atoms with Gasteiger partial charge in [-0.2, -0.15) is 0 Å². The van der Waals surface area contributed by atoms with E-state index in [0.717, 1.165) is 5.56 Å². The van der Waals surface area contributed by atoms with Gasteiger partial charge in [-0.1, -0.05) is 30.3 Å². The van der Waals surface area contributed by atoms with Crippen LogP contribution in [0.4, 0.5) is 0 Å². The predicted molar refractivity (Wildman–Crippen MR) is 55.8 cm³/mol. The maximum Gasteiger partial charge on any atom is 0.0785 e. The minimum atomic E-state index is -0.441. The first kappa shape index (κ1) is 11.2. The summed E-state index contributed by atoms with van der Waals surface area (Å²) >= 11 is 0. The van der Waals surface area contributed by atoms with Crippen molar-refractivity contribution in [1.82, 2.24) is 0 Å². The van der Waals surface area contributed by atoms with Gasteiger partial charge in [-0.3, -0.25) is 0 Å². The summed E-state index contributed by atoms with van der Waals surface area (Å²) < 4.78 is 5.33. The zero-order chi connectivity index (χ0) is 10.2. The van der Waals surface area contributed by atoms with E-state index >= 15 is 0 Å². The Kier molecular flexibility index (Phi) is 5.22. The summed E-state index contributed by atoms with van der Waals surface area (Å²) in [5.74, 6) is 0. The first-order chi connectivity index (χ1) is 6.83. The normalized spacial score (nSPS) is 12.7. The van der Waals surface area contributed by atoms with Crippen molar-refractivity contribution in [2.75, 3.05) is 13.2 Å². The third-order valence-corrected chi connectivity index (χ3v) is 1.92. The molecule has 1 atom stereocenters. The summed E-state index contributed by atoms with van der Waals surface area (Å²) in [5, 5.41) is 9.32. The lowest BCUT2D eigenvalue weighted by atomic mass is 10.2. The van der Waals surface area contributed by atoms with Gasteiger partial charge in [0.15, 0.2) is 0 Å². The maximum atomic E-state index is 9.32. The monoisotopic (exact) mass is 195 g/mol. The van der Waals surface area contributed by atoms with Crippen LogP contribution >= 0.6 is 0 Å². The predicted octanol–water partition coefficient (Wildman–Crippen LogP) is 0.913. The smallest absolute Gasteiger partial charge is 0.0785 e. The Hall–Kier alpha value is -0.900. The second-order valence-electron chi connectivity index (χ2n) is 3.23. The minimum absolute atomic E-state index is 0.353. The Balaban J connectivity index is 2.16. The molecule has 0 saturated heterocycles. The summed E-state index contributed by atoms with van der Waals surface area (Å²) in [6.07, 6.45) is 0.151. The molecule has 3 heteroatoms. The molecule has 0 fully saturated rings. The third-order valence-electron chi connectivity index (χ3n) is 1.92. The summed E-state index contributed by atoms with van der Waals surface area (Å²) in [5.41, 5.74) is 6.41. The van der Waals surface area contributed by atoms with Crippen LogP contribution in [0.15, 0.2) is 30.3 Å². The van der Waals surface area contributed by atoms with Gasteiger partial charge >= 0.3 is 0 Å². The van der Waals surface area contributed by atoms with Crippen molar-refractivity contribution >= 4 is 0 Å². The van der Waals surface area contributed by atoms with Crippen molar-refractivity contribution in [2.45, 2.75) is 19.1 Å². The molecule has 3 N–H and O–H groups in total. The van der Waals surface area contributed by atoms with Gasteiger partial charge in [0.25, 0.3) is 0 Å². The van der Waals surface area contributed by atoms with Crippen LogP contribution in [0.25, 0.3) is 0 Å². The Labute approximate surface area is 84.5 Å². The molecule has 0 saturated carbocycles. The van der Waals surface area contributed by atoms with Gasteiger partial charge < -0.3 is 15.6 Å². The third kappa shape index (κ3) is 4.37. The molecule has 14 heavy (non-hydrogen) atoms. The van der Waals surface area contributed by atoms with E-state index in [9.17, 15) is 5.11 Å². The molecule has 0 radical (unpaired) electrons. The van der Waals surface area contributed by atoms with Crippen LogP contribution in [0.1, 0.15) is 12.0 Å². The molecule has 0 aliphatic carbocycles. The maximum absolute atomic E-state index is 9.32. The highest BCUT2D eigenvalue weighted by molar-refractivity contribution is 5.13. The van der Waals surface area contributed by atoms with Crippen LogP contribution in [0.3, 0.4) is 0 Å². The van der Waals surface area contributed by atoms with Crippen molar-refractivity contribution in [3.63, 3.8) is 0 Å². The van der Waals surface area contributed by atoms with Gasteiger partial charge in [0, 0.05) is 0 Å². The van der Waals surface area contributed by atoms with E-state index in [4.69, 9.17) is 10.5 Å². The van der Waals surface area contributed by atoms with Gasteiger partial charge in [0.1, 0.15) is 0 Å². The van der Waals surface area contributed by atoms with Crippen LogP contribution in [0.2, 0.25) is 0 Å². The highest BCUT2D eigenvalue weighted by Gasteiger charge is 2.02. The molecule has 0 aromatic heterocycles. The average molecular weight is 195 g/mol. The summed E-state index contributed by atoms with van der Waals surface area (Å²) in [6, 6.07) is 9.89. The molecule has 3 nitrogen and oxygen atoms in total. The average Bonchev–Trinajstić information content (AvgIpc) is 2.20. The molecule has 78 valence electrons. The lowest BCUT2D eigenvalue weighted by Gasteiger charge is -2.09. The molecule has 0 bridgehead atoms. The number of benzene rings is 1. The molecule has 1 aromatic carbocycles. The zero-order valence-electron chi connectivity index (χ0n) is 8.23. The number of rotatable bonds is 6. The van der Waals surface area contributed by atoms with E-state index < -0.39 is 6.10 Å². The second-order valence-corrected chi connectivity index (χ2v) is 3.23. The first-order valence-electron chi connectivity index (χ1n) is 4.82. The van der Waals surface area contributed by atoms with Gasteiger partial charge in [-0.05, 0) is 18.5 Å². The van der Waals surface area contributed by atoms with Gasteiger partial charge in [0.2, 0.25) is 0 Å². The minimum Gasteiger partial charge on any atom is -0.391 e. The van der Waals surface area contributed by atoms with Gasteiger partial charge in [-0.15, -0.1) is 0 Å². The second kappa shape index (κ2) is 6.54. The lowest BCUT2D eigenvalue weighted by molar-refractivity contribution is 0.0258. The summed E-state index contributed by atoms with van der Waals surface area (Å²) in [7, 11) is 0. The van der Waals surface area contributed by atoms with Crippen molar-refractivity contribution in [3.05, 3.63) is 35.9 Å². The van der Waals surface area contributed by atoms with Crippen LogP contribution in [0, 0.1) is 0 Å². The van der Waals surface area contributed by atoms with E-state index in [0.29, 0.717) is 26.2 Å². The number of hydrogen-bond acceptors (Lipinski definition) is 3. The highest BCUT2D eigenvalue weighted by atomic mass is 16.5. The Bertz CT molecular complexity index is 238. The summed E-state index contributed by atoms with van der Waals surface area (Å²) in [6.45, 7) is 1.39. The van der Waals surface area contributed by atoms with Crippen molar-refractivity contribution in [2.24, 2.45) is 5.73 Å². The standard InChI is InChI=1S/C11H17NO2/c12-7-6-11(13)9-14-8-10-4-2-1-3-5-10/h1-5,11,13H,6-9,12H2. The van der Waals surface area contributed by atoms with Gasteiger partial charge in [-0.25, -0.2) is 0 Å². The van der Waals surface area contributed by atoms with Crippen molar-refractivity contribution in [1.29, 1.82) is 0 Å². The molecule has 1 unspecified atom stereocenters. The van der Waals surface area contributed by atoms with Crippen LogP contribution in [-0.4, -0.2) is 24.4 Å². The topological polar surface area (TPSA) is 55.5 Å². The van der Waals surface area contributed by atoms with Crippen LogP contribution in [0.5, 0.6) is 0 Å². The van der Waals surface area contributed by atoms with E-state index in [1.807, 2.05) is 30.3 Å². The Morgan fingerprint density at radius 3 is 2.64 bits per heavy atom. The summed E-state index contributed by atoms with van der Waals surface area (Å²) in [4.78, 5) is 0. The fourth-order valence-electron chi connectivity index (χ4n) is 1.16. The fraction of sp³-hybridized carbons (Fsp3) is 0.455. The molecule has 0 aliphatic rings. The molecule has 0 spiro atoms. The molecule has 0 amide bonds. The Morgan fingerprint density at radius 2 is 2.00 bits per heavy atom.